The number of nitrogens with zero attached hydrogens (tertiary/aromatic N) is 4. The van der Waals surface area contributed by atoms with Crippen molar-refractivity contribution < 1.29 is 4.74 Å². The van der Waals surface area contributed by atoms with E-state index in [1.807, 2.05) is 24.4 Å². The highest BCUT2D eigenvalue weighted by Crippen LogP contribution is 2.34. The average molecular weight is 418 g/mol. The van der Waals surface area contributed by atoms with Crippen LogP contribution in [-0.2, 0) is 0 Å². The molecule has 5 aromatic heterocycles. The van der Waals surface area contributed by atoms with Crippen molar-refractivity contribution in [3.05, 3.63) is 79.5 Å². The molecule has 0 atom stereocenters. The maximum atomic E-state index is 5.31. The lowest BCUT2D eigenvalue weighted by molar-refractivity contribution is 0.413. The van der Waals surface area contributed by atoms with Gasteiger partial charge in [-0.25, -0.2) is 4.98 Å². The second kappa shape index (κ2) is 7.31. The average Bonchev–Trinajstić information content (AvgIpc) is 3.48. The van der Waals surface area contributed by atoms with Crippen molar-refractivity contribution in [2.75, 3.05) is 7.11 Å². The normalized spacial score (nSPS) is 11.3. The van der Waals surface area contributed by atoms with Crippen LogP contribution in [0.2, 0.25) is 0 Å². The van der Waals surface area contributed by atoms with Crippen molar-refractivity contribution in [3.63, 3.8) is 0 Å². The van der Waals surface area contributed by atoms with E-state index < -0.39 is 0 Å². The highest BCUT2D eigenvalue weighted by molar-refractivity contribution is 6.01. The van der Waals surface area contributed by atoms with Crippen molar-refractivity contribution in [2.24, 2.45) is 0 Å². The second-order valence-electron chi connectivity index (χ2n) is 7.50. The first-order valence-electron chi connectivity index (χ1n) is 10.2. The van der Waals surface area contributed by atoms with E-state index in [4.69, 9.17) is 4.74 Å². The SMILES string of the molecule is COc1cncc(-c2cnc3n[nH]c(-c4cc5c(-c6cccnc6)cccc5[nH]4)c3c2)c1. The van der Waals surface area contributed by atoms with Crippen molar-refractivity contribution >= 4 is 21.9 Å². The molecule has 0 aliphatic heterocycles. The third-order valence-electron chi connectivity index (χ3n) is 5.60. The van der Waals surface area contributed by atoms with Gasteiger partial charge < -0.3 is 9.72 Å². The fourth-order valence-corrected chi connectivity index (χ4v) is 4.01. The predicted molar refractivity (Wildman–Crippen MR) is 124 cm³/mol. The number of H-pyrrole nitrogens is 2. The van der Waals surface area contributed by atoms with E-state index in [0.717, 1.165) is 49.9 Å². The second-order valence-corrected chi connectivity index (χ2v) is 7.50. The third-order valence-corrected chi connectivity index (χ3v) is 5.60. The Balaban J connectivity index is 1.50. The minimum atomic E-state index is 0.658. The number of aromatic nitrogens is 6. The van der Waals surface area contributed by atoms with Crippen LogP contribution in [0.15, 0.2) is 79.5 Å². The van der Waals surface area contributed by atoms with Gasteiger partial charge in [0.25, 0.3) is 0 Å². The summed E-state index contributed by atoms with van der Waals surface area (Å²) in [7, 11) is 1.63. The minimum absolute atomic E-state index is 0.658. The van der Waals surface area contributed by atoms with E-state index in [9.17, 15) is 0 Å². The van der Waals surface area contributed by atoms with Crippen LogP contribution in [0.1, 0.15) is 0 Å². The summed E-state index contributed by atoms with van der Waals surface area (Å²) in [5.41, 5.74) is 7.62. The summed E-state index contributed by atoms with van der Waals surface area (Å²) >= 11 is 0. The molecule has 0 saturated carbocycles. The molecule has 2 N–H and O–H groups in total. The minimum Gasteiger partial charge on any atom is -0.495 e. The Morgan fingerprint density at radius 1 is 0.812 bits per heavy atom. The number of fused-ring (bicyclic) bond motifs is 2. The van der Waals surface area contributed by atoms with E-state index >= 15 is 0 Å². The fourth-order valence-electron chi connectivity index (χ4n) is 4.01. The van der Waals surface area contributed by atoms with Crippen LogP contribution in [-0.4, -0.2) is 37.2 Å². The molecule has 7 nitrogen and oxygen atoms in total. The Labute approximate surface area is 183 Å². The van der Waals surface area contributed by atoms with E-state index in [1.165, 1.54) is 0 Å². The largest absolute Gasteiger partial charge is 0.495 e. The van der Waals surface area contributed by atoms with Crippen LogP contribution in [0, 0.1) is 0 Å². The van der Waals surface area contributed by atoms with Crippen LogP contribution in [0.4, 0.5) is 0 Å². The van der Waals surface area contributed by atoms with E-state index in [2.05, 4.69) is 60.5 Å². The molecule has 0 aliphatic rings. The van der Waals surface area contributed by atoms with E-state index in [1.54, 1.807) is 31.9 Å². The molecule has 5 heterocycles. The zero-order valence-corrected chi connectivity index (χ0v) is 17.2. The highest BCUT2D eigenvalue weighted by Gasteiger charge is 2.15. The number of hydrogen-bond donors (Lipinski definition) is 2. The molecule has 0 unspecified atom stereocenters. The quantitative estimate of drug-likeness (QED) is 0.408. The molecule has 7 heteroatoms. The molecule has 0 radical (unpaired) electrons. The maximum absolute atomic E-state index is 5.31. The first-order chi connectivity index (χ1) is 15.8. The number of pyridine rings is 3. The molecular formula is C25H18N6O. The van der Waals surface area contributed by atoms with Crippen molar-refractivity contribution in [2.45, 2.75) is 0 Å². The third kappa shape index (κ3) is 2.99. The molecule has 0 saturated heterocycles. The molecule has 0 bridgehead atoms. The Kier molecular flexibility index (Phi) is 4.18. The summed E-state index contributed by atoms with van der Waals surface area (Å²) in [4.78, 5) is 16.6. The molecule has 0 spiro atoms. The Hall–Kier alpha value is -4.52. The zero-order chi connectivity index (χ0) is 21.5. The standard InChI is InChI=1S/C25H18N6O/c1-32-18-8-16(12-27-14-18)17-9-21-24(30-31-25(21)28-13-17)23-10-20-19(5-2-6-22(20)29-23)15-4-3-7-26-11-15/h2-14,29H,1H3,(H,28,30,31). The summed E-state index contributed by atoms with van der Waals surface area (Å²) in [6.45, 7) is 0. The smallest absolute Gasteiger partial charge is 0.181 e. The highest BCUT2D eigenvalue weighted by atomic mass is 16.5. The van der Waals surface area contributed by atoms with Crippen molar-refractivity contribution in [1.29, 1.82) is 0 Å². The van der Waals surface area contributed by atoms with E-state index in [-0.39, 0.29) is 0 Å². The van der Waals surface area contributed by atoms with Gasteiger partial charge in [0.15, 0.2) is 5.65 Å². The Morgan fingerprint density at radius 3 is 2.59 bits per heavy atom. The number of methoxy groups -OCH3 is 1. The lowest BCUT2D eigenvalue weighted by atomic mass is 10.0. The zero-order valence-electron chi connectivity index (χ0n) is 17.2. The van der Waals surface area contributed by atoms with E-state index in [0.29, 0.717) is 11.4 Å². The number of nitrogens with one attached hydrogen (secondary N) is 2. The van der Waals surface area contributed by atoms with Gasteiger partial charge in [-0.2, -0.15) is 5.10 Å². The molecule has 0 aliphatic carbocycles. The summed E-state index contributed by atoms with van der Waals surface area (Å²) in [5.74, 6) is 0.702. The summed E-state index contributed by atoms with van der Waals surface area (Å²) < 4.78 is 5.31. The summed E-state index contributed by atoms with van der Waals surface area (Å²) in [6, 6.07) is 16.4. The number of aromatic amines is 2. The number of benzene rings is 1. The number of ether oxygens (including phenoxy) is 1. The van der Waals surface area contributed by atoms with Crippen LogP contribution >= 0.6 is 0 Å². The summed E-state index contributed by atoms with van der Waals surface area (Å²) in [5, 5.41) is 9.62. The van der Waals surface area contributed by atoms with Gasteiger partial charge in [0.1, 0.15) is 5.75 Å². The maximum Gasteiger partial charge on any atom is 0.181 e. The Morgan fingerprint density at radius 2 is 1.72 bits per heavy atom. The van der Waals surface area contributed by atoms with Gasteiger partial charge in [0.2, 0.25) is 0 Å². The van der Waals surface area contributed by atoms with Crippen molar-refractivity contribution in [1.82, 2.24) is 30.1 Å². The monoisotopic (exact) mass is 418 g/mol. The molecule has 0 amide bonds. The van der Waals surface area contributed by atoms with Crippen molar-refractivity contribution in [3.8, 4) is 39.4 Å². The number of hydrogen-bond acceptors (Lipinski definition) is 5. The molecule has 0 fully saturated rings. The topological polar surface area (TPSA) is 92.4 Å². The lowest BCUT2D eigenvalue weighted by Crippen LogP contribution is -1.87. The first kappa shape index (κ1) is 18.3. The van der Waals surface area contributed by atoms with Crippen LogP contribution in [0.5, 0.6) is 5.75 Å². The van der Waals surface area contributed by atoms with Crippen LogP contribution < -0.4 is 4.74 Å². The molecule has 6 aromatic rings. The van der Waals surface area contributed by atoms with Crippen LogP contribution in [0.3, 0.4) is 0 Å². The molecule has 1 aromatic carbocycles. The summed E-state index contributed by atoms with van der Waals surface area (Å²) in [6.07, 6.45) is 8.95. The van der Waals surface area contributed by atoms with Gasteiger partial charge in [0, 0.05) is 57.8 Å². The van der Waals surface area contributed by atoms with Gasteiger partial charge >= 0.3 is 0 Å². The lowest BCUT2D eigenvalue weighted by Gasteiger charge is -2.04. The molecule has 32 heavy (non-hydrogen) atoms. The first-order valence-corrected chi connectivity index (χ1v) is 10.2. The van der Waals surface area contributed by atoms with Gasteiger partial charge in [-0.1, -0.05) is 18.2 Å². The fraction of sp³-hybridized carbons (Fsp3) is 0.0400. The Bertz CT molecular complexity index is 1570. The molecular weight excluding hydrogens is 400 g/mol. The van der Waals surface area contributed by atoms with Gasteiger partial charge in [-0.05, 0) is 35.9 Å². The number of rotatable bonds is 4. The van der Waals surface area contributed by atoms with Crippen LogP contribution in [0.25, 0.3) is 55.6 Å². The van der Waals surface area contributed by atoms with Gasteiger partial charge in [-0.15, -0.1) is 0 Å². The molecule has 154 valence electrons. The van der Waals surface area contributed by atoms with Gasteiger partial charge in [-0.3, -0.25) is 15.1 Å². The molecule has 6 rings (SSSR count). The predicted octanol–water partition coefficient (Wildman–Crippen LogP) is 5.24. The van der Waals surface area contributed by atoms with Gasteiger partial charge in [0.05, 0.1) is 24.7 Å².